The Morgan fingerprint density at radius 2 is 2.27 bits per heavy atom. The normalized spacial score (nSPS) is 13.2. The van der Waals surface area contributed by atoms with Gasteiger partial charge in [-0.3, -0.25) is 4.79 Å². The number of hydrogen-bond donors (Lipinski definition) is 0. The summed E-state index contributed by atoms with van der Waals surface area (Å²) in [5.41, 5.74) is 3.50. The molecule has 2 aromatic rings. The van der Waals surface area contributed by atoms with Gasteiger partial charge >= 0.3 is 0 Å². The summed E-state index contributed by atoms with van der Waals surface area (Å²) in [6.45, 7) is 3.49. The van der Waals surface area contributed by atoms with Crippen molar-refractivity contribution in [1.82, 2.24) is 4.90 Å². The Morgan fingerprint density at radius 1 is 1.41 bits per heavy atom. The quantitative estimate of drug-likeness (QED) is 0.806. The molecule has 0 saturated carbocycles. The maximum absolute atomic E-state index is 12.2. The molecular formula is C18H19NO2S. The standard InChI is InChI=1S/C18H19NO2S/c1-13-8-10-22-17(13)12-19(2)18(20)6-4-14-3-5-16-15(11-14)7-9-21-16/h3-6,8,10-11H,7,9,12H2,1-2H3/b6-4+. The van der Waals surface area contributed by atoms with Crippen molar-refractivity contribution in [1.29, 1.82) is 0 Å². The predicted octanol–water partition coefficient (Wildman–Crippen LogP) is 3.66. The van der Waals surface area contributed by atoms with E-state index in [0.717, 1.165) is 24.3 Å². The molecule has 0 saturated heterocycles. The number of hydrogen-bond acceptors (Lipinski definition) is 3. The first-order valence-electron chi connectivity index (χ1n) is 7.35. The molecule has 2 heterocycles. The van der Waals surface area contributed by atoms with Crippen LogP contribution < -0.4 is 4.74 Å². The van der Waals surface area contributed by atoms with Gasteiger partial charge in [-0.1, -0.05) is 6.07 Å². The van der Waals surface area contributed by atoms with Gasteiger partial charge in [-0.2, -0.15) is 0 Å². The lowest BCUT2D eigenvalue weighted by Crippen LogP contribution is -2.23. The van der Waals surface area contributed by atoms with Crippen molar-refractivity contribution in [3.05, 3.63) is 57.3 Å². The van der Waals surface area contributed by atoms with Crippen molar-refractivity contribution in [2.75, 3.05) is 13.7 Å². The van der Waals surface area contributed by atoms with Gasteiger partial charge in [0, 0.05) is 24.4 Å². The Kier molecular flexibility index (Phi) is 4.29. The van der Waals surface area contributed by atoms with Crippen LogP contribution in [0.4, 0.5) is 0 Å². The third kappa shape index (κ3) is 3.22. The molecule has 3 nitrogen and oxygen atoms in total. The van der Waals surface area contributed by atoms with Crippen LogP contribution >= 0.6 is 11.3 Å². The second-order valence-electron chi connectivity index (χ2n) is 5.52. The van der Waals surface area contributed by atoms with Crippen molar-refractivity contribution < 1.29 is 9.53 Å². The average Bonchev–Trinajstić information content (AvgIpc) is 3.13. The van der Waals surface area contributed by atoms with Gasteiger partial charge in [0.05, 0.1) is 13.2 Å². The molecular weight excluding hydrogens is 294 g/mol. The molecule has 3 rings (SSSR count). The molecule has 4 heteroatoms. The highest BCUT2D eigenvalue weighted by Gasteiger charge is 2.12. The first kappa shape index (κ1) is 14.9. The summed E-state index contributed by atoms with van der Waals surface area (Å²) in [7, 11) is 1.84. The van der Waals surface area contributed by atoms with Gasteiger partial charge < -0.3 is 9.64 Å². The molecule has 1 aliphatic heterocycles. The molecule has 1 aliphatic rings. The molecule has 1 aromatic heterocycles. The third-order valence-corrected chi connectivity index (χ3v) is 4.86. The van der Waals surface area contributed by atoms with E-state index in [-0.39, 0.29) is 5.91 Å². The molecule has 1 amide bonds. The van der Waals surface area contributed by atoms with E-state index >= 15 is 0 Å². The first-order valence-corrected chi connectivity index (χ1v) is 8.23. The Labute approximate surface area is 134 Å². The summed E-state index contributed by atoms with van der Waals surface area (Å²) in [5.74, 6) is 0.985. The minimum atomic E-state index is 0.0181. The predicted molar refractivity (Wildman–Crippen MR) is 90.2 cm³/mol. The molecule has 0 aliphatic carbocycles. The fourth-order valence-electron chi connectivity index (χ4n) is 2.46. The molecule has 114 valence electrons. The van der Waals surface area contributed by atoms with E-state index in [0.29, 0.717) is 6.54 Å². The van der Waals surface area contributed by atoms with Gasteiger partial charge in [-0.15, -0.1) is 11.3 Å². The van der Waals surface area contributed by atoms with Crippen LogP contribution in [-0.4, -0.2) is 24.5 Å². The number of fused-ring (bicyclic) bond motifs is 1. The number of rotatable bonds is 4. The van der Waals surface area contributed by atoms with Crippen LogP contribution in [0.3, 0.4) is 0 Å². The minimum absolute atomic E-state index is 0.0181. The lowest BCUT2D eigenvalue weighted by Gasteiger charge is -2.14. The van der Waals surface area contributed by atoms with Crippen LogP contribution in [0.2, 0.25) is 0 Å². The number of ether oxygens (including phenoxy) is 1. The van der Waals surface area contributed by atoms with E-state index in [1.807, 2.05) is 25.3 Å². The number of aryl methyl sites for hydroxylation is 1. The SMILES string of the molecule is Cc1ccsc1CN(C)C(=O)/C=C/c1ccc2c(c1)CCO2. The second-order valence-corrected chi connectivity index (χ2v) is 6.52. The molecule has 22 heavy (non-hydrogen) atoms. The van der Waals surface area contributed by atoms with Crippen molar-refractivity contribution in [2.45, 2.75) is 19.9 Å². The number of likely N-dealkylation sites (N-methyl/N-ethyl adjacent to an activating group) is 1. The Balaban J connectivity index is 1.64. The summed E-state index contributed by atoms with van der Waals surface area (Å²) in [6.07, 6.45) is 4.46. The Hall–Kier alpha value is -2.07. The molecule has 0 radical (unpaired) electrons. The highest BCUT2D eigenvalue weighted by Crippen LogP contribution is 2.26. The molecule has 0 bridgehead atoms. The lowest BCUT2D eigenvalue weighted by atomic mass is 10.1. The van der Waals surface area contributed by atoms with Gasteiger partial charge in [0.25, 0.3) is 0 Å². The van der Waals surface area contributed by atoms with Crippen LogP contribution in [0.1, 0.15) is 21.6 Å². The first-order chi connectivity index (χ1) is 10.6. The van der Waals surface area contributed by atoms with Crippen LogP contribution in [0.5, 0.6) is 5.75 Å². The second kappa shape index (κ2) is 6.36. The molecule has 0 atom stereocenters. The summed E-state index contributed by atoms with van der Waals surface area (Å²) in [6, 6.07) is 8.14. The summed E-state index contributed by atoms with van der Waals surface area (Å²) >= 11 is 1.69. The highest BCUT2D eigenvalue weighted by atomic mass is 32.1. The molecule has 0 unspecified atom stereocenters. The van der Waals surface area contributed by atoms with E-state index < -0.39 is 0 Å². The minimum Gasteiger partial charge on any atom is -0.493 e. The number of benzene rings is 1. The van der Waals surface area contributed by atoms with E-state index in [1.54, 1.807) is 22.3 Å². The van der Waals surface area contributed by atoms with Crippen molar-refractivity contribution >= 4 is 23.3 Å². The smallest absolute Gasteiger partial charge is 0.246 e. The molecule has 0 N–H and O–H groups in total. The third-order valence-electron chi connectivity index (χ3n) is 3.86. The van der Waals surface area contributed by atoms with E-state index in [4.69, 9.17) is 4.74 Å². The number of nitrogens with zero attached hydrogens (tertiary/aromatic N) is 1. The van der Waals surface area contributed by atoms with Gasteiger partial charge in [0.15, 0.2) is 0 Å². The Morgan fingerprint density at radius 3 is 3.05 bits per heavy atom. The average molecular weight is 313 g/mol. The van der Waals surface area contributed by atoms with Crippen molar-refractivity contribution in [3.8, 4) is 5.75 Å². The zero-order valence-corrected chi connectivity index (χ0v) is 13.7. The van der Waals surface area contributed by atoms with E-state index in [1.165, 1.54) is 16.0 Å². The maximum Gasteiger partial charge on any atom is 0.246 e. The maximum atomic E-state index is 12.2. The fourth-order valence-corrected chi connectivity index (χ4v) is 3.42. The van der Waals surface area contributed by atoms with Crippen molar-refractivity contribution in [3.63, 3.8) is 0 Å². The van der Waals surface area contributed by atoms with Gasteiger partial charge in [0.2, 0.25) is 5.91 Å². The van der Waals surface area contributed by atoms with Crippen LogP contribution in [-0.2, 0) is 17.8 Å². The topological polar surface area (TPSA) is 29.5 Å². The van der Waals surface area contributed by atoms with Crippen molar-refractivity contribution in [2.24, 2.45) is 0 Å². The largest absolute Gasteiger partial charge is 0.493 e. The lowest BCUT2D eigenvalue weighted by molar-refractivity contribution is -0.125. The molecule has 0 spiro atoms. The summed E-state index contributed by atoms with van der Waals surface area (Å²) < 4.78 is 5.49. The fraction of sp³-hybridized carbons (Fsp3) is 0.278. The summed E-state index contributed by atoms with van der Waals surface area (Å²) in [4.78, 5) is 15.2. The number of carbonyl (C=O) groups is 1. The molecule has 1 aromatic carbocycles. The molecule has 0 fully saturated rings. The summed E-state index contributed by atoms with van der Waals surface area (Å²) in [5, 5.41) is 2.06. The van der Waals surface area contributed by atoms with Gasteiger partial charge in [-0.05, 0) is 53.3 Å². The number of carbonyl (C=O) groups excluding carboxylic acids is 1. The van der Waals surface area contributed by atoms with Crippen LogP contribution in [0.25, 0.3) is 6.08 Å². The van der Waals surface area contributed by atoms with Gasteiger partial charge in [-0.25, -0.2) is 0 Å². The zero-order valence-electron chi connectivity index (χ0n) is 12.8. The highest BCUT2D eigenvalue weighted by molar-refractivity contribution is 7.10. The van der Waals surface area contributed by atoms with Crippen LogP contribution in [0, 0.1) is 6.92 Å². The van der Waals surface area contributed by atoms with E-state index in [2.05, 4.69) is 24.4 Å². The van der Waals surface area contributed by atoms with E-state index in [9.17, 15) is 4.79 Å². The Bertz CT molecular complexity index is 718. The van der Waals surface area contributed by atoms with Crippen LogP contribution in [0.15, 0.2) is 35.7 Å². The van der Waals surface area contributed by atoms with Gasteiger partial charge in [0.1, 0.15) is 5.75 Å². The zero-order chi connectivity index (χ0) is 15.5. The number of thiophene rings is 1. The number of amides is 1. The monoisotopic (exact) mass is 313 g/mol.